The molecular weight excluding hydrogens is 274 g/mol. The predicted molar refractivity (Wildman–Crippen MR) is 91.6 cm³/mol. The van der Waals surface area contributed by atoms with E-state index in [0.29, 0.717) is 17.8 Å². The van der Waals surface area contributed by atoms with Crippen molar-refractivity contribution >= 4 is 5.82 Å². The molecule has 0 aliphatic heterocycles. The van der Waals surface area contributed by atoms with Gasteiger partial charge in [-0.3, -0.25) is 0 Å². The third-order valence-corrected chi connectivity index (χ3v) is 4.19. The van der Waals surface area contributed by atoms with Crippen molar-refractivity contribution in [2.45, 2.75) is 84.1 Å². The molecule has 0 amide bonds. The Kier molecular flexibility index (Phi) is 6.94. The minimum Gasteiger partial charge on any atom is -0.478 e. The lowest BCUT2D eigenvalue weighted by molar-refractivity contribution is 0.296. The number of rotatable bonds is 7. The van der Waals surface area contributed by atoms with E-state index in [1.165, 1.54) is 38.5 Å². The number of unbranched alkanes of at least 4 members (excludes halogenated alkanes) is 1. The number of nitrogens with one attached hydrogen (secondary N) is 1. The first-order chi connectivity index (χ1) is 10.7. The molecule has 1 saturated carbocycles. The summed E-state index contributed by atoms with van der Waals surface area (Å²) >= 11 is 0. The summed E-state index contributed by atoms with van der Waals surface area (Å²) in [6.45, 7) is 7.15. The van der Waals surface area contributed by atoms with Gasteiger partial charge in [0.15, 0.2) is 0 Å². The number of aromatic nitrogens is 2. The van der Waals surface area contributed by atoms with Crippen molar-refractivity contribution in [3.63, 3.8) is 0 Å². The molecule has 2 rings (SSSR count). The van der Waals surface area contributed by atoms with Gasteiger partial charge < -0.3 is 10.1 Å². The molecule has 1 fully saturated rings. The molecule has 1 aliphatic rings. The third-order valence-electron chi connectivity index (χ3n) is 4.19. The Bertz CT molecular complexity index is 440. The van der Waals surface area contributed by atoms with Crippen LogP contribution < -0.4 is 10.1 Å². The van der Waals surface area contributed by atoms with Crippen molar-refractivity contribution in [3.8, 4) is 5.88 Å². The monoisotopic (exact) mass is 305 g/mol. The van der Waals surface area contributed by atoms with Crippen LogP contribution in [0.1, 0.15) is 83.9 Å². The zero-order valence-electron chi connectivity index (χ0n) is 14.4. The lowest BCUT2D eigenvalue weighted by Crippen LogP contribution is -2.20. The fourth-order valence-corrected chi connectivity index (χ4v) is 2.80. The molecule has 1 N–H and O–H groups in total. The minimum atomic E-state index is 0.310. The van der Waals surface area contributed by atoms with Crippen LogP contribution in [0.3, 0.4) is 0 Å². The maximum absolute atomic E-state index is 5.80. The standard InChI is InChI=1S/C18H31N3O/c1-4-5-12-22-17-13-16(20-18(21-17)14(2)3)19-15-10-8-6-7-9-11-15/h13-15H,4-12H2,1-3H3,(H,19,20,21). The summed E-state index contributed by atoms with van der Waals surface area (Å²) in [5, 5.41) is 3.62. The second-order valence-corrected chi connectivity index (χ2v) is 6.64. The SMILES string of the molecule is CCCCOc1cc(NC2CCCCCC2)nc(C(C)C)n1. The van der Waals surface area contributed by atoms with Crippen molar-refractivity contribution in [3.05, 3.63) is 11.9 Å². The van der Waals surface area contributed by atoms with Gasteiger partial charge in [0.1, 0.15) is 11.6 Å². The van der Waals surface area contributed by atoms with Gasteiger partial charge in [-0.1, -0.05) is 52.9 Å². The van der Waals surface area contributed by atoms with E-state index in [0.717, 1.165) is 31.1 Å². The van der Waals surface area contributed by atoms with Crippen LogP contribution >= 0.6 is 0 Å². The summed E-state index contributed by atoms with van der Waals surface area (Å²) in [7, 11) is 0. The van der Waals surface area contributed by atoms with E-state index in [1.54, 1.807) is 0 Å². The van der Waals surface area contributed by atoms with E-state index in [-0.39, 0.29) is 0 Å². The molecule has 0 spiro atoms. The lowest BCUT2D eigenvalue weighted by Gasteiger charge is -2.18. The highest BCUT2D eigenvalue weighted by molar-refractivity contribution is 5.40. The number of anilines is 1. The molecule has 0 atom stereocenters. The van der Waals surface area contributed by atoms with Crippen molar-refractivity contribution in [2.24, 2.45) is 0 Å². The maximum Gasteiger partial charge on any atom is 0.218 e. The maximum atomic E-state index is 5.80. The average molecular weight is 305 g/mol. The fourth-order valence-electron chi connectivity index (χ4n) is 2.80. The van der Waals surface area contributed by atoms with Crippen LogP contribution in [0.2, 0.25) is 0 Å². The molecule has 22 heavy (non-hydrogen) atoms. The Balaban J connectivity index is 2.07. The number of nitrogens with zero attached hydrogens (tertiary/aromatic N) is 2. The topological polar surface area (TPSA) is 47.0 Å². The molecule has 1 aliphatic carbocycles. The quantitative estimate of drug-likeness (QED) is 0.574. The van der Waals surface area contributed by atoms with Gasteiger partial charge in [-0.05, 0) is 19.3 Å². The summed E-state index contributed by atoms with van der Waals surface area (Å²) < 4.78 is 5.80. The van der Waals surface area contributed by atoms with Crippen LogP contribution in [0, 0.1) is 0 Å². The molecule has 0 radical (unpaired) electrons. The first-order valence-corrected chi connectivity index (χ1v) is 8.97. The number of hydrogen-bond donors (Lipinski definition) is 1. The Morgan fingerprint density at radius 1 is 1.18 bits per heavy atom. The molecular formula is C18H31N3O. The molecule has 4 nitrogen and oxygen atoms in total. The van der Waals surface area contributed by atoms with Gasteiger partial charge in [-0.2, -0.15) is 4.98 Å². The Labute approximate surface area is 135 Å². The zero-order valence-corrected chi connectivity index (χ0v) is 14.4. The third kappa shape index (κ3) is 5.47. The largest absolute Gasteiger partial charge is 0.478 e. The second kappa shape index (κ2) is 8.96. The number of ether oxygens (including phenoxy) is 1. The van der Waals surface area contributed by atoms with Gasteiger partial charge in [-0.25, -0.2) is 4.98 Å². The molecule has 4 heteroatoms. The highest BCUT2D eigenvalue weighted by Gasteiger charge is 2.15. The van der Waals surface area contributed by atoms with Crippen LogP contribution in [0.4, 0.5) is 5.82 Å². The first-order valence-electron chi connectivity index (χ1n) is 8.97. The van der Waals surface area contributed by atoms with Gasteiger partial charge in [0.05, 0.1) is 6.61 Å². The van der Waals surface area contributed by atoms with Crippen LogP contribution in [0.15, 0.2) is 6.07 Å². The molecule has 0 saturated heterocycles. The molecule has 1 aromatic rings. The minimum absolute atomic E-state index is 0.310. The van der Waals surface area contributed by atoms with Gasteiger partial charge >= 0.3 is 0 Å². The molecule has 124 valence electrons. The summed E-state index contributed by atoms with van der Waals surface area (Å²) in [6, 6.07) is 2.51. The lowest BCUT2D eigenvalue weighted by atomic mass is 10.1. The van der Waals surface area contributed by atoms with E-state index < -0.39 is 0 Å². The average Bonchev–Trinajstić information content (AvgIpc) is 2.76. The summed E-state index contributed by atoms with van der Waals surface area (Å²) in [4.78, 5) is 9.23. The van der Waals surface area contributed by atoms with Gasteiger partial charge in [-0.15, -0.1) is 0 Å². The molecule has 0 aromatic carbocycles. The fraction of sp³-hybridized carbons (Fsp3) is 0.778. The van der Waals surface area contributed by atoms with Crippen molar-refractivity contribution < 1.29 is 4.74 Å². The van der Waals surface area contributed by atoms with Crippen molar-refractivity contribution in [1.82, 2.24) is 9.97 Å². The summed E-state index contributed by atoms with van der Waals surface area (Å²) in [5.41, 5.74) is 0. The number of hydrogen-bond acceptors (Lipinski definition) is 4. The Hall–Kier alpha value is -1.32. The van der Waals surface area contributed by atoms with Crippen LogP contribution in [-0.4, -0.2) is 22.6 Å². The summed E-state index contributed by atoms with van der Waals surface area (Å²) in [5.74, 6) is 2.81. The molecule has 0 bridgehead atoms. The Morgan fingerprint density at radius 3 is 2.55 bits per heavy atom. The van der Waals surface area contributed by atoms with Crippen LogP contribution in [0.25, 0.3) is 0 Å². The zero-order chi connectivity index (χ0) is 15.8. The first kappa shape index (κ1) is 17.0. The van der Waals surface area contributed by atoms with E-state index in [9.17, 15) is 0 Å². The highest BCUT2D eigenvalue weighted by atomic mass is 16.5. The van der Waals surface area contributed by atoms with E-state index >= 15 is 0 Å². The van der Waals surface area contributed by atoms with Crippen molar-refractivity contribution in [1.29, 1.82) is 0 Å². The van der Waals surface area contributed by atoms with E-state index in [2.05, 4.69) is 36.1 Å². The van der Waals surface area contributed by atoms with E-state index in [1.807, 2.05) is 6.07 Å². The molecule has 1 aromatic heterocycles. The smallest absolute Gasteiger partial charge is 0.218 e. The second-order valence-electron chi connectivity index (χ2n) is 6.64. The van der Waals surface area contributed by atoms with Crippen molar-refractivity contribution in [2.75, 3.05) is 11.9 Å². The highest BCUT2D eigenvalue weighted by Crippen LogP contribution is 2.23. The van der Waals surface area contributed by atoms with Gasteiger partial charge in [0.2, 0.25) is 5.88 Å². The summed E-state index contributed by atoms with van der Waals surface area (Å²) in [6.07, 6.45) is 10.1. The van der Waals surface area contributed by atoms with Crippen LogP contribution in [0.5, 0.6) is 5.88 Å². The van der Waals surface area contributed by atoms with Crippen LogP contribution in [-0.2, 0) is 0 Å². The van der Waals surface area contributed by atoms with E-state index in [4.69, 9.17) is 4.74 Å². The normalized spacial score (nSPS) is 16.5. The van der Waals surface area contributed by atoms with Gasteiger partial charge in [0.25, 0.3) is 0 Å². The molecule has 1 heterocycles. The van der Waals surface area contributed by atoms with Gasteiger partial charge in [0, 0.05) is 18.0 Å². The Morgan fingerprint density at radius 2 is 1.91 bits per heavy atom. The predicted octanol–water partition coefficient (Wildman–Crippen LogP) is 4.91. The molecule has 0 unspecified atom stereocenters.